The van der Waals surface area contributed by atoms with Gasteiger partial charge in [-0.25, -0.2) is 0 Å². The lowest BCUT2D eigenvalue weighted by atomic mass is 9.74. The van der Waals surface area contributed by atoms with Gasteiger partial charge in [-0.3, -0.25) is 0 Å². The lowest BCUT2D eigenvalue weighted by molar-refractivity contribution is 0.550. The molecule has 2 aromatic carbocycles. The highest BCUT2D eigenvalue weighted by Crippen LogP contribution is 2.36. The van der Waals surface area contributed by atoms with Gasteiger partial charge in [0.05, 0.1) is 0 Å². The van der Waals surface area contributed by atoms with Gasteiger partial charge in [-0.2, -0.15) is 0 Å². The van der Waals surface area contributed by atoms with E-state index >= 15 is 0 Å². The van der Waals surface area contributed by atoms with Crippen LogP contribution in [0.25, 0.3) is 0 Å². The highest BCUT2D eigenvalue weighted by Gasteiger charge is 2.26. The van der Waals surface area contributed by atoms with E-state index in [1.165, 1.54) is 11.1 Å². The second-order valence-corrected chi connectivity index (χ2v) is 5.57. The van der Waals surface area contributed by atoms with Crippen LogP contribution >= 0.6 is 23.2 Å². The van der Waals surface area contributed by atoms with E-state index in [0.29, 0.717) is 0 Å². The van der Waals surface area contributed by atoms with Crippen LogP contribution in [-0.4, -0.2) is 0 Å². The van der Waals surface area contributed by atoms with Crippen LogP contribution < -0.4 is 0 Å². The summed E-state index contributed by atoms with van der Waals surface area (Å²) in [5.41, 5.74) is 2.54. The van der Waals surface area contributed by atoms with Crippen molar-refractivity contribution in [2.75, 3.05) is 0 Å². The Bertz CT molecular complexity index is 466. The standard InChI is InChI=1S/C16H16Cl2/c1-3-16(2,12-4-8-14(17)9-5-12)13-6-10-15(18)11-7-13/h4-11H,3H2,1-2H3. The average molecular weight is 279 g/mol. The number of rotatable bonds is 3. The van der Waals surface area contributed by atoms with E-state index in [4.69, 9.17) is 23.2 Å². The molecule has 0 amide bonds. The van der Waals surface area contributed by atoms with Crippen molar-refractivity contribution in [2.24, 2.45) is 0 Å². The molecule has 0 N–H and O–H groups in total. The minimum absolute atomic E-state index is 0.00478. The zero-order valence-electron chi connectivity index (χ0n) is 10.6. The molecule has 0 nitrogen and oxygen atoms in total. The maximum Gasteiger partial charge on any atom is 0.0406 e. The number of halogens is 2. The van der Waals surface area contributed by atoms with Crippen LogP contribution in [0.15, 0.2) is 48.5 Å². The Morgan fingerprint density at radius 2 is 1.11 bits per heavy atom. The molecule has 0 bridgehead atoms. The van der Waals surface area contributed by atoms with Gasteiger partial charge in [-0.1, -0.05) is 61.3 Å². The summed E-state index contributed by atoms with van der Waals surface area (Å²) >= 11 is 11.9. The Hall–Kier alpha value is -0.980. The fourth-order valence-corrected chi connectivity index (χ4v) is 2.46. The molecule has 0 aromatic heterocycles. The Morgan fingerprint density at radius 3 is 1.39 bits per heavy atom. The van der Waals surface area contributed by atoms with E-state index in [1.807, 2.05) is 24.3 Å². The summed E-state index contributed by atoms with van der Waals surface area (Å²) in [6.07, 6.45) is 1.02. The van der Waals surface area contributed by atoms with Crippen molar-refractivity contribution in [3.05, 3.63) is 69.7 Å². The first-order valence-corrected chi connectivity index (χ1v) is 6.84. The minimum Gasteiger partial charge on any atom is -0.0843 e. The maximum atomic E-state index is 5.95. The van der Waals surface area contributed by atoms with Crippen molar-refractivity contribution < 1.29 is 0 Å². The van der Waals surface area contributed by atoms with Gasteiger partial charge in [-0.05, 0) is 41.8 Å². The molecule has 0 fully saturated rings. The van der Waals surface area contributed by atoms with Crippen molar-refractivity contribution in [1.82, 2.24) is 0 Å². The largest absolute Gasteiger partial charge is 0.0843 e. The van der Waals surface area contributed by atoms with E-state index in [1.54, 1.807) is 0 Å². The predicted octanol–water partition coefficient (Wildman–Crippen LogP) is 5.71. The van der Waals surface area contributed by atoms with Crippen molar-refractivity contribution in [3.63, 3.8) is 0 Å². The molecule has 0 radical (unpaired) electrons. The van der Waals surface area contributed by atoms with Crippen LogP contribution in [0.2, 0.25) is 10.0 Å². The van der Waals surface area contributed by atoms with E-state index in [9.17, 15) is 0 Å². The average Bonchev–Trinajstić information content (AvgIpc) is 2.39. The molecule has 0 atom stereocenters. The highest BCUT2D eigenvalue weighted by molar-refractivity contribution is 6.30. The smallest absolute Gasteiger partial charge is 0.0406 e. The highest BCUT2D eigenvalue weighted by atomic mass is 35.5. The van der Waals surface area contributed by atoms with Gasteiger partial charge in [-0.15, -0.1) is 0 Å². The zero-order valence-corrected chi connectivity index (χ0v) is 12.1. The molecule has 2 aromatic rings. The lowest BCUT2D eigenvalue weighted by Crippen LogP contribution is -2.22. The Balaban J connectivity index is 2.47. The first-order valence-electron chi connectivity index (χ1n) is 6.08. The molecule has 18 heavy (non-hydrogen) atoms. The van der Waals surface area contributed by atoms with Gasteiger partial charge in [0.15, 0.2) is 0 Å². The van der Waals surface area contributed by atoms with E-state index in [-0.39, 0.29) is 5.41 Å². The van der Waals surface area contributed by atoms with Crippen LogP contribution in [0.4, 0.5) is 0 Å². The zero-order chi connectivity index (χ0) is 13.2. The molecule has 0 saturated heterocycles. The molecular weight excluding hydrogens is 263 g/mol. The summed E-state index contributed by atoms with van der Waals surface area (Å²) in [5.74, 6) is 0. The predicted molar refractivity (Wildman–Crippen MR) is 79.6 cm³/mol. The molecule has 0 aliphatic rings. The van der Waals surface area contributed by atoms with Crippen LogP contribution in [0.1, 0.15) is 31.4 Å². The third-order valence-corrected chi connectivity index (χ3v) is 4.17. The summed E-state index contributed by atoms with van der Waals surface area (Å²) in [7, 11) is 0. The van der Waals surface area contributed by atoms with Crippen molar-refractivity contribution in [1.29, 1.82) is 0 Å². The monoisotopic (exact) mass is 278 g/mol. The van der Waals surface area contributed by atoms with Crippen LogP contribution in [0.5, 0.6) is 0 Å². The van der Waals surface area contributed by atoms with Crippen molar-refractivity contribution in [3.8, 4) is 0 Å². The van der Waals surface area contributed by atoms with Crippen molar-refractivity contribution >= 4 is 23.2 Å². The van der Waals surface area contributed by atoms with Crippen molar-refractivity contribution in [2.45, 2.75) is 25.7 Å². The molecule has 2 rings (SSSR count). The molecule has 94 valence electrons. The Morgan fingerprint density at radius 1 is 0.778 bits per heavy atom. The van der Waals surface area contributed by atoms with E-state index in [2.05, 4.69) is 38.1 Å². The number of hydrogen-bond donors (Lipinski definition) is 0. The summed E-state index contributed by atoms with van der Waals surface area (Å²) < 4.78 is 0. The normalized spacial score (nSPS) is 11.6. The number of hydrogen-bond acceptors (Lipinski definition) is 0. The first-order chi connectivity index (χ1) is 8.56. The molecule has 0 saturated carbocycles. The van der Waals surface area contributed by atoms with Crippen LogP contribution in [0.3, 0.4) is 0 Å². The summed E-state index contributed by atoms with van der Waals surface area (Å²) in [6, 6.07) is 16.2. The molecule has 0 unspecified atom stereocenters. The molecular formula is C16H16Cl2. The fraction of sp³-hybridized carbons (Fsp3) is 0.250. The second-order valence-electron chi connectivity index (χ2n) is 4.70. The first kappa shape index (κ1) is 13.5. The lowest BCUT2D eigenvalue weighted by Gasteiger charge is -2.29. The Kier molecular flexibility index (Phi) is 3.99. The van der Waals surface area contributed by atoms with Gasteiger partial charge in [0, 0.05) is 15.5 Å². The molecule has 0 aliphatic heterocycles. The summed E-state index contributed by atoms with van der Waals surface area (Å²) in [5, 5.41) is 1.54. The van der Waals surface area contributed by atoms with Gasteiger partial charge in [0.1, 0.15) is 0 Å². The van der Waals surface area contributed by atoms with Gasteiger partial charge >= 0.3 is 0 Å². The topological polar surface area (TPSA) is 0 Å². The third kappa shape index (κ3) is 2.55. The third-order valence-electron chi connectivity index (χ3n) is 3.67. The Labute approximate surface area is 119 Å². The summed E-state index contributed by atoms with van der Waals surface area (Å²) in [4.78, 5) is 0. The van der Waals surface area contributed by atoms with E-state index < -0.39 is 0 Å². The van der Waals surface area contributed by atoms with Gasteiger partial charge in [0.25, 0.3) is 0 Å². The molecule has 0 heterocycles. The van der Waals surface area contributed by atoms with Crippen LogP contribution in [0, 0.1) is 0 Å². The molecule has 0 spiro atoms. The van der Waals surface area contributed by atoms with Gasteiger partial charge in [0.2, 0.25) is 0 Å². The van der Waals surface area contributed by atoms with Crippen LogP contribution in [-0.2, 0) is 5.41 Å². The molecule has 2 heteroatoms. The maximum absolute atomic E-state index is 5.95. The number of benzene rings is 2. The quantitative estimate of drug-likeness (QED) is 0.675. The fourth-order valence-electron chi connectivity index (χ4n) is 2.21. The minimum atomic E-state index is -0.00478. The SMILES string of the molecule is CCC(C)(c1ccc(Cl)cc1)c1ccc(Cl)cc1. The van der Waals surface area contributed by atoms with Gasteiger partial charge < -0.3 is 0 Å². The second kappa shape index (κ2) is 5.34. The summed E-state index contributed by atoms with van der Waals surface area (Å²) in [6.45, 7) is 4.45. The molecule has 0 aliphatic carbocycles. The van der Waals surface area contributed by atoms with E-state index in [0.717, 1.165) is 16.5 Å².